The molecule has 0 spiro atoms. The third-order valence-corrected chi connectivity index (χ3v) is 12.0. The van der Waals surface area contributed by atoms with E-state index >= 15 is 0 Å². The van der Waals surface area contributed by atoms with Crippen LogP contribution in [0.1, 0.15) is 57.6 Å². The second kappa shape index (κ2) is 13.0. The number of benzene rings is 2. The second-order valence-electron chi connectivity index (χ2n) is 14.8. The van der Waals surface area contributed by atoms with Gasteiger partial charge in [-0.2, -0.15) is 0 Å². The van der Waals surface area contributed by atoms with Gasteiger partial charge in [0.1, 0.15) is 24.3 Å². The van der Waals surface area contributed by atoms with Crippen LogP contribution in [-0.4, -0.2) is 90.6 Å². The normalized spacial score (nSPS) is 25.7. The van der Waals surface area contributed by atoms with E-state index in [4.69, 9.17) is 0 Å². The first kappa shape index (κ1) is 34.8. The molecule has 2 aliphatic heterocycles. The van der Waals surface area contributed by atoms with Gasteiger partial charge in [-0.1, -0.05) is 63.2 Å². The molecule has 49 heavy (non-hydrogen) atoms. The van der Waals surface area contributed by atoms with Crippen LogP contribution in [0.5, 0.6) is 0 Å². The fraction of sp³-hybridized carbons (Fsp3) is 0.543. The molecule has 4 aliphatic rings. The molecule has 1 saturated heterocycles. The summed E-state index contributed by atoms with van der Waals surface area (Å²) in [5.74, 6) is -2.39. The number of hydrogen-bond acceptors (Lipinski definition) is 7. The quantitative estimate of drug-likeness (QED) is 0.263. The summed E-state index contributed by atoms with van der Waals surface area (Å²) in [6.07, 6.45) is 2.88. The van der Waals surface area contributed by atoms with Crippen molar-refractivity contribution in [3.63, 3.8) is 0 Å². The minimum absolute atomic E-state index is 0.173. The maximum atomic E-state index is 14.4. The highest BCUT2D eigenvalue weighted by molar-refractivity contribution is 7.91. The van der Waals surface area contributed by atoms with Crippen LogP contribution in [0.3, 0.4) is 0 Å². The van der Waals surface area contributed by atoms with Gasteiger partial charge < -0.3 is 20.9 Å². The molecule has 2 aliphatic carbocycles. The zero-order chi connectivity index (χ0) is 35.3. The molecule has 0 aromatic heterocycles. The molecule has 0 unspecified atom stereocenters. The van der Waals surface area contributed by atoms with Crippen molar-refractivity contribution in [3.05, 3.63) is 60.2 Å². The van der Waals surface area contributed by atoms with Crippen LogP contribution in [-0.2, 0) is 37.5 Å². The van der Waals surface area contributed by atoms with Crippen molar-refractivity contribution in [2.24, 2.45) is 11.3 Å². The number of urea groups is 1. The molecule has 2 heterocycles. The number of rotatable bonds is 11. The average molecular weight is 697 g/mol. The van der Waals surface area contributed by atoms with Crippen molar-refractivity contribution in [3.8, 4) is 0 Å². The Morgan fingerprint density at radius 1 is 1.08 bits per heavy atom. The fourth-order valence-electron chi connectivity index (χ4n) is 7.26. The van der Waals surface area contributed by atoms with E-state index in [0.717, 1.165) is 16.5 Å². The fourth-order valence-corrected chi connectivity index (χ4v) is 8.63. The Balaban J connectivity index is 1.28. The minimum atomic E-state index is -3.88. The lowest BCUT2D eigenvalue weighted by molar-refractivity contribution is -0.142. The van der Waals surface area contributed by atoms with E-state index in [0.29, 0.717) is 25.9 Å². The summed E-state index contributed by atoms with van der Waals surface area (Å²) in [5.41, 5.74) is -0.0150. The Kier molecular flexibility index (Phi) is 9.24. The lowest BCUT2D eigenvalue weighted by Gasteiger charge is -2.36. The SMILES string of the molecule is C=C[C@@H]1C[C@]1(NC(=O)[C@@H]1C[C@@H](N2Cc3cccc4cccc(c34)C2)CN1C(=O)[C@@H](NC(=O)NCCF)C(C)(C)C)C(=O)NS(=O)(=O)C1CC1. The van der Waals surface area contributed by atoms with Crippen LogP contribution in [0, 0.1) is 11.3 Å². The first-order valence-electron chi connectivity index (χ1n) is 16.8. The molecule has 12 nitrogen and oxygen atoms in total. The van der Waals surface area contributed by atoms with Gasteiger partial charge in [-0.3, -0.25) is 24.0 Å². The summed E-state index contributed by atoms with van der Waals surface area (Å²) in [6.45, 7) is 9.53. The van der Waals surface area contributed by atoms with E-state index in [1.807, 2.05) is 12.1 Å². The molecule has 4 N–H and O–H groups in total. The van der Waals surface area contributed by atoms with Gasteiger partial charge in [0.25, 0.3) is 5.91 Å². The maximum Gasteiger partial charge on any atom is 0.315 e. The predicted molar refractivity (Wildman–Crippen MR) is 182 cm³/mol. The van der Waals surface area contributed by atoms with Gasteiger partial charge in [0.2, 0.25) is 21.8 Å². The zero-order valence-electron chi connectivity index (χ0n) is 28.1. The number of alkyl halides is 1. The van der Waals surface area contributed by atoms with Crippen LogP contribution in [0.2, 0.25) is 0 Å². The number of nitrogens with zero attached hydrogens (tertiary/aromatic N) is 2. The number of carbonyl (C=O) groups excluding carboxylic acids is 4. The Morgan fingerprint density at radius 2 is 1.73 bits per heavy atom. The van der Waals surface area contributed by atoms with Crippen molar-refractivity contribution >= 4 is 44.5 Å². The van der Waals surface area contributed by atoms with Crippen molar-refractivity contribution in [1.29, 1.82) is 0 Å². The zero-order valence-corrected chi connectivity index (χ0v) is 28.9. The van der Waals surface area contributed by atoms with Crippen LogP contribution < -0.4 is 20.7 Å². The van der Waals surface area contributed by atoms with Crippen LogP contribution in [0.4, 0.5) is 9.18 Å². The number of nitrogens with one attached hydrogen (secondary N) is 4. The molecule has 2 aromatic carbocycles. The Hall–Kier alpha value is -4.04. The lowest BCUT2D eigenvalue weighted by atomic mass is 9.85. The van der Waals surface area contributed by atoms with Crippen molar-refractivity contribution in [2.45, 2.75) is 88.5 Å². The highest BCUT2D eigenvalue weighted by Gasteiger charge is 2.62. The summed E-state index contributed by atoms with van der Waals surface area (Å²) >= 11 is 0. The van der Waals surface area contributed by atoms with Gasteiger partial charge in [-0.25, -0.2) is 17.6 Å². The molecule has 3 fully saturated rings. The molecule has 0 bridgehead atoms. The maximum absolute atomic E-state index is 14.4. The largest absolute Gasteiger partial charge is 0.339 e. The van der Waals surface area contributed by atoms with Crippen LogP contribution in [0.25, 0.3) is 10.8 Å². The van der Waals surface area contributed by atoms with Crippen molar-refractivity contribution < 1.29 is 32.0 Å². The molecule has 6 rings (SSSR count). The molecule has 2 saturated carbocycles. The third-order valence-electron chi connectivity index (χ3n) is 10.2. The summed E-state index contributed by atoms with van der Waals surface area (Å²) in [4.78, 5) is 58.5. The van der Waals surface area contributed by atoms with Gasteiger partial charge in [-0.15, -0.1) is 6.58 Å². The van der Waals surface area contributed by atoms with Crippen LogP contribution in [0.15, 0.2) is 49.1 Å². The number of sulfonamides is 1. The van der Waals surface area contributed by atoms with E-state index in [1.165, 1.54) is 16.4 Å². The standard InChI is InChI=1S/C35H45FN6O6S/c1-5-24-17-35(24,32(45)40-49(47,48)26-12-13-26)39-30(43)27-16-25(41-18-22-10-6-8-21-9-7-11-23(19-41)28(21)22)20-42(27)31(44)29(34(2,3)4)38-33(46)37-15-14-36/h5-11,24-27,29H,1,12-20H2,2-4H3,(H,39,43)(H,40,45)(H2,37,38,46)/t24-,25-,27+,29-,35-/m1/s1. The molecular weight excluding hydrogens is 651 g/mol. The number of hydrogen-bond donors (Lipinski definition) is 4. The number of amides is 5. The average Bonchev–Trinajstić information content (AvgIpc) is 3.98. The van der Waals surface area contributed by atoms with Crippen molar-refractivity contribution in [1.82, 2.24) is 30.5 Å². The molecule has 5 atom stereocenters. The molecule has 5 amide bonds. The minimum Gasteiger partial charge on any atom is -0.339 e. The topological polar surface area (TPSA) is 157 Å². The highest BCUT2D eigenvalue weighted by atomic mass is 32.2. The lowest BCUT2D eigenvalue weighted by Crippen LogP contribution is -2.61. The second-order valence-corrected chi connectivity index (χ2v) is 16.8. The van der Waals surface area contributed by atoms with E-state index in [-0.39, 0.29) is 32.0 Å². The number of carbonyl (C=O) groups is 4. The molecule has 14 heteroatoms. The van der Waals surface area contributed by atoms with E-state index in [9.17, 15) is 32.0 Å². The molecular formula is C35H45FN6O6S. The predicted octanol–water partition coefficient (Wildman–Crippen LogP) is 2.48. The third kappa shape index (κ3) is 6.89. The van der Waals surface area contributed by atoms with E-state index in [2.05, 4.69) is 56.4 Å². The smallest absolute Gasteiger partial charge is 0.315 e. The first-order valence-corrected chi connectivity index (χ1v) is 18.4. The van der Waals surface area contributed by atoms with E-state index < -0.39 is 74.7 Å². The van der Waals surface area contributed by atoms with Crippen molar-refractivity contribution in [2.75, 3.05) is 19.8 Å². The van der Waals surface area contributed by atoms with Crippen LogP contribution >= 0.6 is 0 Å². The monoisotopic (exact) mass is 696 g/mol. The summed E-state index contributed by atoms with van der Waals surface area (Å²) < 4.78 is 40.3. The van der Waals surface area contributed by atoms with Gasteiger partial charge in [0.05, 0.1) is 5.25 Å². The number of likely N-dealkylation sites (tertiary alicyclic amines) is 1. The Morgan fingerprint density at radius 3 is 2.29 bits per heavy atom. The van der Waals surface area contributed by atoms with Gasteiger partial charge in [0, 0.05) is 38.1 Å². The highest BCUT2D eigenvalue weighted by Crippen LogP contribution is 2.46. The molecule has 2 aromatic rings. The Labute approximate surface area is 286 Å². The summed E-state index contributed by atoms with van der Waals surface area (Å²) in [7, 11) is -3.88. The van der Waals surface area contributed by atoms with Gasteiger partial charge in [0.15, 0.2) is 0 Å². The molecule has 0 radical (unpaired) electrons. The van der Waals surface area contributed by atoms with Gasteiger partial charge >= 0.3 is 6.03 Å². The first-order chi connectivity index (χ1) is 23.2. The molecule has 264 valence electrons. The van der Waals surface area contributed by atoms with E-state index in [1.54, 1.807) is 20.8 Å². The number of halogens is 1. The Bertz CT molecular complexity index is 1750. The summed E-state index contributed by atoms with van der Waals surface area (Å²) in [5, 5.41) is 9.65. The van der Waals surface area contributed by atoms with Gasteiger partial charge in [-0.05, 0) is 53.0 Å². The summed E-state index contributed by atoms with van der Waals surface area (Å²) in [6, 6.07) is 9.29.